The Bertz CT molecular complexity index is 479. The van der Waals surface area contributed by atoms with Gasteiger partial charge >= 0.3 is 5.97 Å². The zero-order valence-electron chi connectivity index (χ0n) is 10.6. The number of rotatable bonds is 6. The topological polar surface area (TPSA) is 87.7 Å². The molecule has 0 aliphatic rings. The van der Waals surface area contributed by atoms with Crippen molar-refractivity contribution in [3.05, 3.63) is 23.2 Å². The molecule has 104 valence electrons. The summed E-state index contributed by atoms with van der Waals surface area (Å²) in [6.07, 6.45) is 0. The summed E-state index contributed by atoms with van der Waals surface area (Å²) >= 11 is 5.85. The SMILES string of the molecule is COc1ccc(Cl)cc1NCC(NC(C)=O)C(=O)O. The first-order chi connectivity index (χ1) is 8.93. The molecule has 0 bridgehead atoms. The van der Waals surface area contributed by atoms with Crippen LogP contribution in [0, 0.1) is 0 Å². The smallest absolute Gasteiger partial charge is 0.328 e. The van der Waals surface area contributed by atoms with E-state index in [0.717, 1.165) is 0 Å². The normalized spacial score (nSPS) is 11.5. The molecule has 1 atom stereocenters. The lowest BCUT2D eigenvalue weighted by Crippen LogP contribution is -2.44. The molecular formula is C12H15ClN2O4. The van der Waals surface area contributed by atoms with E-state index < -0.39 is 17.9 Å². The number of ether oxygens (including phenoxy) is 1. The van der Waals surface area contributed by atoms with Crippen molar-refractivity contribution in [2.75, 3.05) is 19.0 Å². The molecule has 19 heavy (non-hydrogen) atoms. The van der Waals surface area contributed by atoms with Crippen molar-refractivity contribution in [3.63, 3.8) is 0 Å². The third-order valence-corrected chi connectivity index (χ3v) is 2.57. The summed E-state index contributed by atoms with van der Waals surface area (Å²) in [6.45, 7) is 1.28. The number of carboxylic acids is 1. The number of amides is 1. The van der Waals surface area contributed by atoms with E-state index in [-0.39, 0.29) is 6.54 Å². The van der Waals surface area contributed by atoms with Crippen molar-refractivity contribution in [3.8, 4) is 5.75 Å². The quantitative estimate of drug-likeness (QED) is 0.735. The van der Waals surface area contributed by atoms with Crippen molar-refractivity contribution in [1.29, 1.82) is 0 Å². The minimum absolute atomic E-state index is 0.0195. The van der Waals surface area contributed by atoms with E-state index in [1.165, 1.54) is 14.0 Å². The third-order valence-electron chi connectivity index (χ3n) is 2.33. The second-order valence-corrected chi connectivity index (χ2v) is 4.25. The fraction of sp³-hybridized carbons (Fsp3) is 0.333. The van der Waals surface area contributed by atoms with Gasteiger partial charge in [-0.25, -0.2) is 4.79 Å². The van der Waals surface area contributed by atoms with Gasteiger partial charge in [-0.05, 0) is 18.2 Å². The van der Waals surface area contributed by atoms with Crippen LogP contribution >= 0.6 is 11.6 Å². The Hall–Kier alpha value is -1.95. The van der Waals surface area contributed by atoms with Gasteiger partial charge in [0.2, 0.25) is 5.91 Å². The van der Waals surface area contributed by atoms with E-state index in [2.05, 4.69) is 10.6 Å². The van der Waals surface area contributed by atoms with Crippen LogP contribution in [0.2, 0.25) is 5.02 Å². The highest BCUT2D eigenvalue weighted by Gasteiger charge is 2.18. The fourth-order valence-corrected chi connectivity index (χ4v) is 1.65. The molecular weight excluding hydrogens is 272 g/mol. The number of carboxylic acid groups (broad SMARTS) is 1. The van der Waals surface area contributed by atoms with E-state index in [1.807, 2.05) is 0 Å². The Labute approximate surface area is 115 Å². The number of anilines is 1. The molecule has 3 N–H and O–H groups in total. The molecule has 0 saturated heterocycles. The van der Waals surface area contributed by atoms with Gasteiger partial charge < -0.3 is 20.5 Å². The lowest BCUT2D eigenvalue weighted by Gasteiger charge is -2.16. The minimum Gasteiger partial charge on any atom is -0.495 e. The molecule has 1 amide bonds. The van der Waals surface area contributed by atoms with E-state index in [9.17, 15) is 9.59 Å². The zero-order chi connectivity index (χ0) is 14.4. The standard InChI is InChI=1S/C12H15ClN2O4/c1-7(16)15-10(12(17)18)6-14-9-5-8(13)3-4-11(9)19-2/h3-5,10,14H,6H2,1-2H3,(H,15,16)(H,17,18). The van der Waals surface area contributed by atoms with Crippen molar-refractivity contribution in [1.82, 2.24) is 5.32 Å². The van der Waals surface area contributed by atoms with E-state index in [1.54, 1.807) is 18.2 Å². The van der Waals surface area contributed by atoms with Gasteiger partial charge in [0.1, 0.15) is 11.8 Å². The van der Waals surface area contributed by atoms with Crippen LogP contribution in [-0.2, 0) is 9.59 Å². The molecule has 0 heterocycles. The molecule has 0 aliphatic heterocycles. The molecule has 1 rings (SSSR count). The fourth-order valence-electron chi connectivity index (χ4n) is 1.48. The van der Waals surface area contributed by atoms with Gasteiger partial charge in [0.05, 0.1) is 12.8 Å². The molecule has 0 saturated carbocycles. The van der Waals surface area contributed by atoms with Crippen molar-refractivity contribution in [2.24, 2.45) is 0 Å². The van der Waals surface area contributed by atoms with E-state index in [0.29, 0.717) is 16.5 Å². The maximum absolute atomic E-state index is 11.0. The van der Waals surface area contributed by atoms with Crippen LogP contribution in [0.25, 0.3) is 0 Å². The first kappa shape index (κ1) is 15.1. The zero-order valence-corrected chi connectivity index (χ0v) is 11.3. The Morgan fingerprint density at radius 3 is 2.68 bits per heavy atom. The van der Waals surface area contributed by atoms with Gasteiger partial charge in [0.25, 0.3) is 0 Å². The molecule has 0 aliphatic carbocycles. The monoisotopic (exact) mass is 286 g/mol. The van der Waals surface area contributed by atoms with Gasteiger partial charge in [-0.15, -0.1) is 0 Å². The molecule has 7 heteroatoms. The summed E-state index contributed by atoms with van der Waals surface area (Å²) in [5, 5.41) is 14.7. The molecule has 1 aromatic rings. The van der Waals surface area contributed by atoms with Crippen LogP contribution in [0.3, 0.4) is 0 Å². The van der Waals surface area contributed by atoms with Gasteiger partial charge in [-0.2, -0.15) is 0 Å². The largest absolute Gasteiger partial charge is 0.495 e. The Morgan fingerprint density at radius 1 is 1.47 bits per heavy atom. The number of carbonyl (C=O) groups excluding carboxylic acids is 1. The Balaban J connectivity index is 2.76. The van der Waals surface area contributed by atoms with E-state index >= 15 is 0 Å². The highest BCUT2D eigenvalue weighted by atomic mass is 35.5. The van der Waals surface area contributed by atoms with Crippen LogP contribution in [0.5, 0.6) is 5.75 Å². The molecule has 1 unspecified atom stereocenters. The van der Waals surface area contributed by atoms with Crippen molar-refractivity contribution >= 4 is 29.2 Å². The molecule has 0 spiro atoms. The average molecular weight is 287 g/mol. The maximum Gasteiger partial charge on any atom is 0.328 e. The van der Waals surface area contributed by atoms with Gasteiger partial charge in [-0.3, -0.25) is 4.79 Å². The summed E-state index contributed by atoms with van der Waals surface area (Å²) in [6, 6.07) is 3.92. The molecule has 0 radical (unpaired) electrons. The van der Waals surface area contributed by atoms with Gasteiger partial charge in [-0.1, -0.05) is 11.6 Å². The number of methoxy groups -OCH3 is 1. The molecule has 1 aromatic carbocycles. The number of halogens is 1. The summed E-state index contributed by atoms with van der Waals surface area (Å²) < 4.78 is 5.12. The summed E-state index contributed by atoms with van der Waals surface area (Å²) in [7, 11) is 1.50. The lowest BCUT2D eigenvalue weighted by atomic mass is 10.2. The first-order valence-corrected chi connectivity index (χ1v) is 5.89. The third kappa shape index (κ3) is 4.67. The number of benzene rings is 1. The van der Waals surface area contributed by atoms with Crippen LogP contribution in [0.15, 0.2) is 18.2 Å². The lowest BCUT2D eigenvalue weighted by molar-refractivity contribution is -0.141. The molecule has 6 nitrogen and oxygen atoms in total. The minimum atomic E-state index is -1.12. The summed E-state index contributed by atoms with van der Waals surface area (Å²) in [5.74, 6) is -0.993. The first-order valence-electron chi connectivity index (χ1n) is 5.51. The van der Waals surface area contributed by atoms with Crippen LogP contribution in [0.1, 0.15) is 6.92 Å². The van der Waals surface area contributed by atoms with Gasteiger partial charge in [0.15, 0.2) is 0 Å². The predicted molar refractivity (Wildman–Crippen MR) is 71.7 cm³/mol. The number of nitrogens with one attached hydrogen (secondary N) is 2. The summed E-state index contributed by atoms with van der Waals surface area (Å²) in [5.41, 5.74) is 0.562. The number of carbonyl (C=O) groups is 2. The van der Waals surface area contributed by atoms with Crippen molar-refractivity contribution in [2.45, 2.75) is 13.0 Å². The highest BCUT2D eigenvalue weighted by Crippen LogP contribution is 2.27. The van der Waals surface area contributed by atoms with Crippen LogP contribution < -0.4 is 15.4 Å². The van der Waals surface area contributed by atoms with Crippen LogP contribution in [0.4, 0.5) is 5.69 Å². The number of hydrogen-bond acceptors (Lipinski definition) is 4. The molecule has 0 fully saturated rings. The second kappa shape index (κ2) is 6.84. The summed E-state index contributed by atoms with van der Waals surface area (Å²) in [4.78, 5) is 21.9. The van der Waals surface area contributed by atoms with Crippen LogP contribution in [-0.4, -0.2) is 36.7 Å². The highest BCUT2D eigenvalue weighted by molar-refractivity contribution is 6.30. The molecule has 0 aromatic heterocycles. The number of aliphatic carboxylic acids is 1. The average Bonchev–Trinajstić information content (AvgIpc) is 2.34. The maximum atomic E-state index is 11.0. The van der Waals surface area contributed by atoms with E-state index in [4.69, 9.17) is 21.4 Å². The second-order valence-electron chi connectivity index (χ2n) is 3.82. The van der Waals surface area contributed by atoms with Crippen molar-refractivity contribution < 1.29 is 19.4 Å². The predicted octanol–water partition coefficient (Wildman–Crippen LogP) is 1.35. The Kier molecular flexibility index (Phi) is 5.44. The number of hydrogen-bond donors (Lipinski definition) is 3. The van der Waals surface area contributed by atoms with Gasteiger partial charge in [0, 0.05) is 18.5 Å². The Morgan fingerprint density at radius 2 is 2.16 bits per heavy atom.